The highest BCUT2D eigenvalue weighted by Crippen LogP contribution is 2.33. The molecule has 0 aliphatic rings. The van der Waals surface area contributed by atoms with Crippen molar-refractivity contribution >= 4 is 34.5 Å². The van der Waals surface area contributed by atoms with E-state index in [0.717, 1.165) is 16.1 Å². The lowest BCUT2D eigenvalue weighted by atomic mass is 10.2. The zero-order chi connectivity index (χ0) is 14.8. The number of benzene rings is 1. The molecule has 2 aromatic heterocycles. The van der Waals surface area contributed by atoms with Crippen LogP contribution in [0, 0.1) is 0 Å². The van der Waals surface area contributed by atoms with Crippen molar-refractivity contribution in [3.63, 3.8) is 0 Å². The molecule has 0 saturated heterocycles. The molecule has 0 aliphatic heterocycles. The minimum Gasteiger partial charge on any atom is -0.333 e. The molecule has 3 aromatic rings. The van der Waals surface area contributed by atoms with E-state index in [9.17, 15) is 4.79 Å². The molecule has 5 nitrogen and oxygen atoms in total. The van der Waals surface area contributed by atoms with Gasteiger partial charge in [0.05, 0.1) is 5.02 Å². The molecule has 0 radical (unpaired) electrons. The highest BCUT2D eigenvalue weighted by atomic mass is 35.5. The fourth-order valence-corrected chi connectivity index (χ4v) is 2.84. The van der Waals surface area contributed by atoms with E-state index < -0.39 is 0 Å². The average molecular weight is 320 g/mol. The van der Waals surface area contributed by atoms with Crippen LogP contribution in [0.5, 0.6) is 0 Å². The molecule has 0 aliphatic carbocycles. The molecule has 7 heteroatoms. The van der Waals surface area contributed by atoms with Gasteiger partial charge in [-0.3, -0.25) is 4.79 Å². The van der Waals surface area contributed by atoms with Crippen LogP contribution in [0.4, 0.5) is 5.69 Å². The molecule has 0 unspecified atom stereocenters. The summed E-state index contributed by atoms with van der Waals surface area (Å²) in [6.07, 6.45) is 0. The Balaban J connectivity index is 1.86. The summed E-state index contributed by atoms with van der Waals surface area (Å²) in [7, 11) is 0. The Morgan fingerprint density at radius 3 is 2.67 bits per heavy atom. The maximum absolute atomic E-state index is 11.0. The Hall–Kier alpha value is -2.18. The Bertz CT molecular complexity index is 780. The number of hydrogen-bond donors (Lipinski definition) is 1. The third-order valence-electron chi connectivity index (χ3n) is 2.70. The first-order valence-electron chi connectivity index (χ1n) is 6.08. The Morgan fingerprint density at radius 2 is 2.05 bits per heavy atom. The average Bonchev–Trinajstić information content (AvgIpc) is 3.07. The predicted molar refractivity (Wildman–Crippen MR) is 82.4 cm³/mol. The topological polar surface area (TPSA) is 68.0 Å². The van der Waals surface area contributed by atoms with Crippen LogP contribution >= 0.6 is 22.9 Å². The van der Waals surface area contributed by atoms with E-state index in [-0.39, 0.29) is 5.91 Å². The molecule has 106 valence electrons. The highest BCUT2D eigenvalue weighted by molar-refractivity contribution is 7.14. The van der Waals surface area contributed by atoms with Crippen molar-refractivity contribution in [1.82, 2.24) is 10.1 Å². The number of nitrogens with zero attached hydrogens (tertiary/aromatic N) is 2. The molecule has 0 saturated carbocycles. The second-order valence-electron chi connectivity index (χ2n) is 4.28. The third-order valence-corrected chi connectivity index (χ3v) is 4.03. The SMILES string of the molecule is CC(=O)Nc1ccc(-c2noc(-c3sccc3Cl)n2)cc1. The molecule has 2 heterocycles. The number of aromatic nitrogens is 2. The van der Waals surface area contributed by atoms with Gasteiger partial charge in [-0.15, -0.1) is 11.3 Å². The number of amides is 1. The maximum Gasteiger partial charge on any atom is 0.269 e. The van der Waals surface area contributed by atoms with Crippen LogP contribution < -0.4 is 5.32 Å². The smallest absolute Gasteiger partial charge is 0.269 e. The van der Waals surface area contributed by atoms with Gasteiger partial charge in [-0.05, 0) is 35.7 Å². The lowest BCUT2D eigenvalue weighted by molar-refractivity contribution is -0.114. The summed E-state index contributed by atoms with van der Waals surface area (Å²) in [5.41, 5.74) is 1.52. The van der Waals surface area contributed by atoms with E-state index in [1.807, 2.05) is 17.5 Å². The molecule has 0 spiro atoms. The number of thiophene rings is 1. The number of rotatable bonds is 3. The van der Waals surface area contributed by atoms with Crippen LogP contribution in [0.25, 0.3) is 22.2 Å². The zero-order valence-corrected chi connectivity index (χ0v) is 12.5. The fourth-order valence-electron chi connectivity index (χ4n) is 1.79. The van der Waals surface area contributed by atoms with Crippen molar-refractivity contribution in [2.75, 3.05) is 5.32 Å². The summed E-state index contributed by atoms with van der Waals surface area (Å²) in [5, 5.41) is 9.11. The number of nitrogens with one attached hydrogen (secondary N) is 1. The van der Waals surface area contributed by atoms with Gasteiger partial charge >= 0.3 is 0 Å². The fraction of sp³-hybridized carbons (Fsp3) is 0.0714. The Morgan fingerprint density at radius 1 is 1.29 bits per heavy atom. The van der Waals surface area contributed by atoms with Gasteiger partial charge < -0.3 is 9.84 Å². The Labute approximate surface area is 129 Å². The molecule has 0 atom stereocenters. The quantitative estimate of drug-likeness (QED) is 0.790. The molecule has 21 heavy (non-hydrogen) atoms. The number of hydrogen-bond acceptors (Lipinski definition) is 5. The summed E-state index contributed by atoms with van der Waals surface area (Å²) in [6, 6.07) is 8.98. The second kappa shape index (κ2) is 5.67. The van der Waals surface area contributed by atoms with Crippen molar-refractivity contribution in [2.45, 2.75) is 6.92 Å². The summed E-state index contributed by atoms with van der Waals surface area (Å²) in [6.45, 7) is 1.46. The van der Waals surface area contributed by atoms with Gasteiger partial charge in [0.15, 0.2) is 0 Å². The van der Waals surface area contributed by atoms with E-state index in [1.165, 1.54) is 18.3 Å². The van der Waals surface area contributed by atoms with Gasteiger partial charge in [-0.2, -0.15) is 4.98 Å². The van der Waals surface area contributed by atoms with Crippen molar-refractivity contribution in [1.29, 1.82) is 0 Å². The van der Waals surface area contributed by atoms with Gasteiger partial charge in [-0.1, -0.05) is 16.8 Å². The van der Waals surface area contributed by atoms with E-state index in [1.54, 1.807) is 18.2 Å². The largest absolute Gasteiger partial charge is 0.333 e. The van der Waals surface area contributed by atoms with Gasteiger partial charge in [0.25, 0.3) is 5.89 Å². The van der Waals surface area contributed by atoms with E-state index in [2.05, 4.69) is 15.5 Å². The molecule has 0 fully saturated rings. The first kappa shape index (κ1) is 13.8. The molecule has 1 amide bonds. The molecule has 3 rings (SSSR count). The molecular formula is C14H10ClN3O2S. The first-order valence-corrected chi connectivity index (χ1v) is 7.34. The van der Waals surface area contributed by atoms with Crippen molar-refractivity contribution in [2.24, 2.45) is 0 Å². The van der Waals surface area contributed by atoms with Crippen molar-refractivity contribution in [3.05, 3.63) is 40.7 Å². The van der Waals surface area contributed by atoms with Crippen LogP contribution in [0.1, 0.15) is 6.92 Å². The van der Waals surface area contributed by atoms with E-state index in [0.29, 0.717) is 16.7 Å². The van der Waals surface area contributed by atoms with Crippen LogP contribution in [0.3, 0.4) is 0 Å². The predicted octanol–water partition coefficient (Wildman–Crippen LogP) is 4.08. The van der Waals surface area contributed by atoms with Gasteiger partial charge in [-0.25, -0.2) is 0 Å². The molecule has 1 aromatic carbocycles. The van der Waals surface area contributed by atoms with Crippen LogP contribution in [0.2, 0.25) is 5.02 Å². The third kappa shape index (κ3) is 2.96. The minimum atomic E-state index is -0.114. The summed E-state index contributed by atoms with van der Waals surface area (Å²) in [4.78, 5) is 16.1. The van der Waals surface area contributed by atoms with Crippen LogP contribution in [0.15, 0.2) is 40.2 Å². The lowest BCUT2D eigenvalue weighted by Crippen LogP contribution is -2.05. The normalized spacial score (nSPS) is 10.6. The van der Waals surface area contributed by atoms with Crippen molar-refractivity contribution in [3.8, 4) is 22.2 Å². The number of carbonyl (C=O) groups is 1. The minimum absolute atomic E-state index is 0.114. The molecule has 0 bridgehead atoms. The van der Waals surface area contributed by atoms with E-state index >= 15 is 0 Å². The van der Waals surface area contributed by atoms with Crippen molar-refractivity contribution < 1.29 is 9.32 Å². The van der Waals surface area contributed by atoms with Crippen LogP contribution in [-0.2, 0) is 4.79 Å². The first-order chi connectivity index (χ1) is 10.1. The number of halogens is 1. The highest BCUT2D eigenvalue weighted by Gasteiger charge is 2.14. The molecular weight excluding hydrogens is 310 g/mol. The van der Waals surface area contributed by atoms with Gasteiger partial charge in [0.1, 0.15) is 4.88 Å². The lowest BCUT2D eigenvalue weighted by Gasteiger charge is -2.01. The monoisotopic (exact) mass is 319 g/mol. The summed E-state index contributed by atoms with van der Waals surface area (Å²) in [5.74, 6) is 0.761. The summed E-state index contributed by atoms with van der Waals surface area (Å²) >= 11 is 7.49. The van der Waals surface area contributed by atoms with Gasteiger partial charge in [0.2, 0.25) is 11.7 Å². The second-order valence-corrected chi connectivity index (χ2v) is 5.60. The number of anilines is 1. The molecule has 1 N–H and O–H groups in total. The van der Waals surface area contributed by atoms with Crippen LogP contribution in [-0.4, -0.2) is 16.0 Å². The zero-order valence-electron chi connectivity index (χ0n) is 11.0. The summed E-state index contributed by atoms with van der Waals surface area (Å²) < 4.78 is 5.23. The van der Waals surface area contributed by atoms with E-state index in [4.69, 9.17) is 16.1 Å². The standard InChI is InChI=1S/C14H10ClN3O2S/c1-8(19)16-10-4-2-9(3-5-10)13-17-14(20-18-13)12-11(15)6-7-21-12/h2-7H,1H3,(H,16,19). The Kier molecular flexibility index (Phi) is 3.72. The maximum atomic E-state index is 11.0. The van der Waals surface area contributed by atoms with Gasteiger partial charge in [0, 0.05) is 18.2 Å². The number of carbonyl (C=O) groups excluding carboxylic acids is 1.